The van der Waals surface area contributed by atoms with Crippen LogP contribution < -0.4 is 4.74 Å². The van der Waals surface area contributed by atoms with Crippen molar-refractivity contribution in [2.75, 3.05) is 7.11 Å². The average Bonchev–Trinajstić information content (AvgIpc) is 2.03. The van der Waals surface area contributed by atoms with Gasteiger partial charge in [0.25, 0.3) is 0 Å². The minimum absolute atomic E-state index is 1.03. The second-order valence-corrected chi connectivity index (χ2v) is 4.01. The molecule has 0 atom stereocenters. The Balaban J connectivity index is 3.24. The van der Waals surface area contributed by atoms with Gasteiger partial charge < -0.3 is 4.74 Å². The Kier molecular flexibility index (Phi) is 3.38. The van der Waals surface area contributed by atoms with Crippen molar-refractivity contribution in [2.24, 2.45) is 0 Å². The molecule has 0 aromatic heterocycles. The van der Waals surface area contributed by atoms with Gasteiger partial charge in [0, 0.05) is 3.57 Å². The van der Waals surface area contributed by atoms with E-state index < -0.39 is 0 Å². The van der Waals surface area contributed by atoms with Crippen molar-refractivity contribution in [3.8, 4) is 5.75 Å². The first-order valence-electron chi connectivity index (χ1n) is 4.02. The molecule has 2 heteroatoms. The quantitative estimate of drug-likeness (QED) is 0.754. The minimum atomic E-state index is 1.03. The molecule has 0 aliphatic carbocycles. The molecule has 12 heavy (non-hydrogen) atoms. The largest absolute Gasteiger partial charge is 0.496 e. The number of methoxy groups -OCH3 is 1. The number of rotatable bonds is 2. The summed E-state index contributed by atoms with van der Waals surface area (Å²) < 4.78 is 6.60. The Morgan fingerprint density at radius 3 is 2.58 bits per heavy atom. The predicted molar refractivity (Wildman–Crippen MR) is 59.8 cm³/mol. The maximum atomic E-state index is 5.32. The molecule has 0 heterocycles. The molecule has 1 nitrogen and oxygen atoms in total. The van der Waals surface area contributed by atoms with Gasteiger partial charge in [-0.15, -0.1) is 0 Å². The highest BCUT2D eigenvalue weighted by Gasteiger charge is 2.05. The summed E-state index contributed by atoms with van der Waals surface area (Å²) in [7, 11) is 1.73. The van der Waals surface area contributed by atoms with E-state index >= 15 is 0 Å². The molecule has 0 aliphatic heterocycles. The highest BCUT2D eigenvalue weighted by Crippen LogP contribution is 2.26. The molecular formula is C10H13IO. The van der Waals surface area contributed by atoms with Crippen LogP contribution in [0.1, 0.15) is 18.1 Å². The van der Waals surface area contributed by atoms with Crippen LogP contribution >= 0.6 is 22.6 Å². The zero-order valence-electron chi connectivity index (χ0n) is 7.65. The molecule has 0 spiro atoms. The van der Waals surface area contributed by atoms with Gasteiger partial charge in [0.1, 0.15) is 5.75 Å². The van der Waals surface area contributed by atoms with Crippen LogP contribution in [0.5, 0.6) is 5.75 Å². The zero-order chi connectivity index (χ0) is 9.14. The fraction of sp³-hybridized carbons (Fsp3) is 0.400. The number of benzene rings is 1. The van der Waals surface area contributed by atoms with Crippen molar-refractivity contribution in [3.63, 3.8) is 0 Å². The van der Waals surface area contributed by atoms with Crippen LogP contribution in [0.3, 0.4) is 0 Å². The molecule has 0 fully saturated rings. The van der Waals surface area contributed by atoms with Crippen LogP contribution in [-0.4, -0.2) is 7.11 Å². The number of aryl methyl sites for hydroxylation is 2. The highest BCUT2D eigenvalue weighted by atomic mass is 127. The highest BCUT2D eigenvalue weighted by molar-refractivity contribution is 14.1. The van der Waals surface area contributed by atoms with Crippen molar-refractivity contribution in [2.45, 2.75) is 20.3 Å². The van der Waals surface area contributed by atoms with E-state index in [0.717, 1.165) is 12.2 Å². The molecule has 1 rings (SSSR count). The third-order valence-corrected chi connectivity index (χ3v) is 2.52. The first-order chi connectivity index (χ1) is 5.69. The van der Waals surface area contributed by atoms with Crippen molar-refractivity contribution < 1.29 is 4.74 Å². The number of hydrogen-bond donors (Lipinski definition) is 0. The Morgan fingerprint density at radius 1 is 1.42 bits per heavy atom. The molecule has 1 aromatic carbocycles. The third kappa shape index (κ3) is 1.91. The van der Waals surface area contributed by atoms with E-state index in [1.54, 1.807) is 7.11 Å². The van der Waals surface area contributed by atoms with Crippen LogP contribution in [0.4, 0.5) is 0 Å². The van der Waals surface area contributed by atoms with E-state index in [2.05, 4.69) is 48.6 Å². The van der Waals surface area contributed by atoms with Gasteiger partial charge in [-0.1, -0.05) is 6.92 Å². The molecule has 0 radical (unpaired) electrons. The molecule has 0 N–H and O–H groups in total. The van der Waals surface area contributed by atoms with E-state index in [-0.39, 0.29) is 0 Å². The van der Waals surface area contributed by atoms with Crippen molar-refractivity contribution in [1.82, 2.24) is 0 Å². The third-order valence-electron chi connectivity index (χ3n) is 1.90. The van der Waals surface area contributed by atoms with E-state index in [1.807, 2.05) is 0 Å². The monoisotopic (exact) mass is 276 g/mol. The van der Waals surface area contributed by atoms with E-state index in [9.17, 15) is 0 Å². The molecule has 0 unspecified atom stereocenters. The van der Waals surface area contributed by atoms with Gasteiger partial charge in [-0.3, -0.25) is 0 Å². The Bertz CT molecular complexity index is 281. The second kappa shape index (κ2) is 4.12. The fourth-order valence-electron chi connectivity index (χ4n) is 1.35. The maximum absolute atomic E-state index is 5.32. The number of ether oxygens (including phenoxy) is 1. The molecular weight excluding hydrogens is 263 g/mol. The van der Waals surface area contributed by atoms with E-state index in [0.29, 0.717) is 0 Å². The lowest BCUT2D eigenvalue weighted by Gasteiger charge is -2.10. The fourth-order valence-corrected chi connectivity index (χ4v) is 2.20. The summed E-state index contributed by atoms with van der Waals surface area (Å²) in [5.41, 5.74) is 2.52. The Hall–Kier alpha value is -0.250. The molecule has 66 valence electrons. The van der Waals surface area contributed by atoms with E-state index in [1.165, 1.54) is 14.7 Å². The van der Waals surface area contributed by atoms with Gasteiger partial charge in [-0.2, -0.15) is 0 Å². The van der Waals surface area contributed by atoms with Gasteiger partial charge >= 0.3 is 0 Å². The van der Waals surface area contributed by atoms with Gasteiger partial charge in [0.2, 0.25) is 0 Å². The maximum Gasteiger partial charge on any atom is 0.125 e. The first kappa shape index (κ1) is 9.84. The Morgan fingerprint density at radius 2 is 2.08 bits per heavy atom. The lowest BCUT2D eigenvalue weighted by molar-refractivity contribution is 0.407. The summed E-state index contributed by atoms with van der Waals surface area (Å²) in [6, 6.07) is 4.31. The molecule has 0 aliphatic rings. The van der Waals surface area contributed by atoms with Crippen LogP contribution in [0, 0.1) is 10.5 Å². The van der Waals surface area contributed by atoms with Gasteiger partial charge in [-0.25, -0.2) is 0 Å². The number of hydrogen-bond acceptors (Lipinski definition) is 1. The average molecular weight is 276 g/mol. The molecule has 0 saturated carbocycles. The first-order valence-corrected chi connectivity index (χ1v) is 5.10. The topological polar surface area (TPSA) is 9.23 Å². The normalized spacial score (nSPS) is 10.0. The summed E-state index contributed by atoms with van der Waals surface area (Å²) in [5, 5.41) is 0. The SMILES string of the molecule is CCc1cc(I)cc(C)c1OC. The summed E-state index contributed by atoms with van der Waals surface area (Å²) >= 11 is 2.33. The summed E-state index contributed by atoms with van der Waals surface area (Å²) in [4.78, 5) is 0. The van der Waals surface area contributed by atoms with Gasteiger partial charge in [-0.05, 0) is 59.2 Å². The van der Waals surface area contributed by atoms with Crippen LogP contribution in [-0.2, 0) is 6.42 Å². The van der Waals surface area contributed by atoms with Crippen molar-refractivity contribution in [3.05, 3.63) is 26.8 Å². The molecule has 1 aromatic rings. The summed E-state index contributed by atoms with van der Waals surface area (Å²) in [6.45, 7) is 4.23. The van der Waals surface area contributed by atoms with E-state index in [4.69, 9.17) is 4.74 Å². The minimum Gasteiger partial charge on any atom is -0.496 e. The van der Waals surface area contributed by atoms with Crippen molar-refractivity contribution in [1.29, 1.82) is 0 Å². The standard InChI is InChI=1S/C10H13IO/c1-4-8-6-9(11)5-7(2)10(8)12-3/h5-6H,4H2,1-3H3. The zero-order valence-corrected chi connectivity index (χ0v) is 9.81. The molecule has 0 bridgehead atoms. The van der Waals surface area contributed by atoms with Crippen molar-refractivity contribution >= 4 is 22.6 Å². The number of halogens is 1. The van der Waals surface area contributed by atoms with Crippen LogP contribution in [0.15, 0.2) is 12.1 Å². The Labute approximate surface area is 87.3 Å². The summed E-state index contributed by atoms with van der Waals surface area (Å²) in [6.07, 6.45) is 1.03. The molecule has 0 amide bonds. The second-order valence-electron chi connectivity index (χ2n) is 2.77. The predicted octanol–water partition coefficient (Wildman–Crippen LogP) is 3.17. The van der Waals surface area contributed by atoms with Crippen LogP contribution in [0.25, 0.3) is 0 Å². The van der Waals surface area contributed by atoms with Gasteiger partial charge in [0.05, 0.1) is 7.11 Å². The summed E-state index contributed by atoms with van der Waals surface area (Å²) in [5.74, 6) is 1.04. The molecule has 0 saturated heterocycles. The lowest BCUT2D eigenvalue weighted by Crippen LogP contribution is -1.94. The van der Waals surface area contributed by atoms with Gasteiger partial charge in [0.15, 0.2) is 0 Å². The van der Waals surface area contributed by atoms with Crippen LogP contribution in [0.2, 0.25) is 0 Å². The smallest absolute Gasteiger partial charge is 0.125 e. The lowest BCUT2D eigenvalue weighted by atomic mass is 10.1.